The number of nitrogens with zero attached hydrogens (tertiary/aromatic N) is 3. The standard InChI is InChI=1S/C29H29BrClN3O3/c1-6-36-25-14-20(13-23(31)26(25)37-17-19-9-7-18(2)8-10-19)16-32-34-27(35)22-15-21(30)11-12-24(22)33-28(34)29(3,4)5/h7-16H,6,17H2,1-5H3. The maximum absolute atomic E-state index is 13.4. The molecule has 0 fully saturated rings. The van der Waals surface area contributed by atoms with Gasteiger partial charge in [-0.2, -0.15) is 9.78 Å². The molecule has 0 N–H and O–H groups in total. The van der Waals surface area contributed by atoms with Crippen molar-refractivity contribution in [2.24, 2.45) is 5.10 Å². The van der Waals surface area contributed by atoms with Crippen molar-refractivity contribution in [3.8, 4) is 11.5 Å². The Bertz CT molecular complexity index is 1520. The lowest BCUT2D eigenvalue weighted by atomic mass is 9.95. The molecule has 0 radical (unpaired) electrons. The Hall–Kier alpha value is -3.16. The van der Waals surface area contributed by atoms with Gasteiger partial charge in [0.15, 0.2) is 11.5 Å². The summed E-state index contributed by atoms with van der Waals surface area (Å²) < 4.78 is 14.0. The molecule has 0 atom stereocenters. The molecule has 0 unspecified atom stereocenters. The molecule has 0 aliphatic rings. The summed E-state index contributed by atoms with van der Waals surface area (Å²) in [7, 11) is 0. The third-order valence-corrected chi connectivity index (χ3v) is 6.41. The highest BCUT2D eigenvalue weighted by atomic mass is 79.9. The quantitative estimate of drug-likeness (QED) is 0.215. The van der Waals surface area contributed by atoms with Crippen LogP contribution in [0.3, 0.4) is 0 Å². The second kappa shape index (κ2) is 11.1. The van der Waals surface area contributed by atoms with Crippen LogP contribution in [-0.2, 0) is 12.0 Å². The monoisotopic (exact) mass is 581 g/mol. The Morgan fingerprint density at radius 3 is 2.49 bits per heavy atom. The molecule has 0 aliphatic carbocycles. The Kier molecular flexibility index (Phi) is 8.05. The highest BCUT2D eigenvalue weighted by molar-refractivity contribution is 9.10. The lowest BCUT2D eigenvalue weighted by Gasteiger charge is -2.21. The number of ether oxygens (including phenoxy) is 2. The van der Waals surface area contributed by atoms with Crippen molar-refractivity contribution >= 4 is 44.6 Å². The summed E-state index contributed by atoms with van der Waals surface area (Å²) >= 11 is 10.1. The fraction of sp³-hybridized carbons (Fsp3) is 0.276. The summed E-state index contributed by atoms with van der Waals surface area (Å²) in [5.74, 6) is 1.52. The molecule has 0 saturated carbocycles. The van der Waals surface area contributed by atoms with Crippen molar-refractivity contribution in [1.29, 1.82) is 0 Å². The summed E-state index contributed by atoms with van der Waals surface area (Å²) in [6.45, 7) is 10.7. The summed E-state index contributed by atoms with van der Waals surface area (Å²) in [5.41, 5.74) is 2.84. The fourth-order valence-corrected chi connectivity index (χ4v) is 4.41. The molecule has 0 spiro atoms. The molecule has 192 valence electrons. The van der Waals surface area contributed by atoms with E-state index in [1.54, 1.807) is 24.4 Å². The molecule has 4 rings (SSSR count). The van der Waals surface area contributed by atoms with Crippen LogP contribution in [0, 0.1) is 6.92 Å². The number of halogens is 2. The van der Waals surface area contributed by atoms with E-state index < -0.39 is 5.41 Å². The Morgan fingerprint density at radius 2 is 1.81 bits per heavy atom. The first-order chi connectivity index (χ1) is 17.6. The van der Waals surface area contributed by atoms with E-state index in [1.165, 1.54) is 10.2 Å². The number of fused-ring (bicyclic) bond motifs is 1. The fourth-order valence-electron chi connectivity index (χ4n) is 3.77. The third kappa shape index (κ3) is 6.22. The molecule has 3 aromatic carbocycles. The van der Waals surface area contributed by atoms with Crippen LogP contribution in [0.4, 0.5) is 0 Å². The minimum absolute atomic E-state index is 0.248. The lowest BCUT2D eigenvalue weighted by molar-refractivity contribution is 0.269. The van der Waals surface area contributed by atoms with E-state index in [0.717, 1.165) is 10.0 Å². The average molecular weight is 583 g/mol. The van der Waals surface area contributed by atoms with Crippen molar-refractivity contribution in [2.45, 2.75) is 46.6 Å². The molecule has 1 heterocycles. The summed E-state index contributed by atoms with van der Waals surface area (Å²) in [6.07, 6.45) is 1.58. The molecule has 0 bridgehead atoms. The first kappa shape index (κ1) is 26.9. The highest BCUT2D eigenvalue weighted by Crippen LogP contribution is 2.37. The highest BCUT2D eigenvalue weighted by Gasteiger charge is 2.23. The van der Waals surface area contributed by atoms with Crippen LogP contribution in [0.1, 0.15) is 50.2 Å². The SMILES string of the molecule is CCOc1cc(C=Nn2c(C(C)(C)C)nc3ccc(Br)cc3c2=O)cc(Cl)c1OCc1ccc(C)cc1. The van der Waals surface area contributed by atoms with Crippen molar-refractivity contribution < 1.29 is 9.47 Å². The number of aryl methyl sites for hydroxylation is 1. The number of hydrogen-bond donors (Lipinski definition) is 0. The van der Waals surface area contributed by atoms with Crippen molar-refractivity contribution in [3.05, 3.63) is 97.0 Å². The third-order valence-electron chi connectivity index (χ3n) is 5.64. The average Bonchev–Trinajstić information content (AvgIpc) is 2.84. The zero-order valence-corrected chi connectivity index (χ0v) is 23.9. The zero-order chi connectivity index (χ0) is 26.7. The normalized spacial score (nSPS) is 11.9. The topological polar surface area (TPSA) is 65.7 Å². The summed E-state index contributed by atoms with van der Waals surface area (Å²) in [5, 5.41) is 5.41. The summed E-state index contributed by atoms with van der Waals surface area (Å²) in [4.78, 5) is 18.2. The van der Waals surface area contributed by atoms with Gasteiger partial charge in [0.25, 0.3) is 5.56 Å². The Morgan fingerprint density at radius 1 is 1.08 bits per heavy atom. The van der Waals surface area contributed by atoms with Gasteiger partial charge in [-0.25, -0.2) is 4.98 Å². The van der Waals surface area contributed by atoms with Crippen LogP contribution in [-0.4, -0.2) is 22.5 Å². The predicted molar refractivity (Wildman–Crippen MR) is 154 cm³/mol. The molecule has 0 saturated heterocycles. The van der Waals surface area contributed by atoms with Gasteiger partial charge in [-0.3, -0.25) is 4.79 Å². The van der Waals surface area contributed by atoms with E-state index in [2.05, 4.69) is 21.0 Å². The van der Waals surface area contributed by atoms with Crippen LogP contribution in [0.15, 0.2) is 69.0 Å². The van der Waals surface area contributed by atoms with Gasteiger partial charge in [-0.15, -0.1) is 0 Å². The zero-order valence-electron chi connectivity index (χ0n) is 21.5. The van der Waals surface area contributed by atoms with Gasteiger partial charge in [-0.1, -0.05) is 78.1 Å². The molecule has 1 aromatic heterocycles. The van der Waals surface area contributed by atoms with E-state index in [9.17, 15) is 4.79 Å². The second-order valence-corrected chi connectivity index (χ2v) is 11.1. The molecule has 0 amide bonds. The summed E-state index contributed by atoms with van der Waals surface area (Å²) in [6, 6.07) is 17.1. The first-order valence-electron chi connectivity index (χ1n) is 12.0. The van der Waals surface area contributed by atoms with Gasteiger partial charge in [0.05, 0.1) is 28.7 Å². The van der Waals surface area contributed by atoms with Crippen LogP contribution >= 0.6 is 27.5 Å². The minimum Gasteiger partial charge on any atom is -0.490 e. The number of rotatable bonds is 7. The number of aromatic nitrogens is 2. The lowest BCUT2D eigenvalue weighted by Crippen LogP contribution is -2.29. The largest absolute Gasteiger partial charge is 0.490 e. The molecule has 6 nitrogen and oxygen atoms in total. The molecular weight excluding hydrogens is 554 g/mol. The molecule has 4 aromatic rings. The number of hydrogen-bond acceptors (Lipinski definition) is 5. The smallest absolute Gasteiger partial charge is 0.282 e. The van der Waals surface area contributed by atoms with Crippen molar-refractivity contribution in [3.63, 3.8) is 0 Å². The number of benzene rings is 3. The second-order valence-electron chi connectivity index (χ2n) is 9.75. The van der Waals surface area contributed by atoms with E-state index in [4.69, 9.17) is 26.1 Å². The predicted octanol–water partition coefficient (Wildman–Crippen LogP) is 7.28. The van der Waals surface area contributed by atoms with E-state index in [-0.39, 0.29) is 5.56 Å². The van der Waals surface area contributed by atoms with Gasteiger partial charge in [0.2, 0.25) is 0 Å². The van der Waals surface area contributed by atoms with E-state index in [1.807, 2.05) is 71.0 Å². The van der Waals surface area contributed by atoms with E-state index in [0.29, 0.717) is 52.0 Å². The Labute approximate surface area is 230 Å². The van der Waals surface area contributed by atoms with Gasteiger partial charge in [-0.05, 0) is 55.3 Å². The minimum atomic E-state index is -0.417. The first-order valence-corrected chi connectivity index (χ1v) is 13.2. The van der Waals surface area contributed by atoms with Crippen LogP contribution in [0.25, 0.3) is 10.9 Å². The van der Waals surface area contributed by atoms with Gasteiger partial charge in [0, 0.05) is 9.89 Å². The maximum atomic E-state index is 13.4. The van der Waals surface area contributed by atoms with Crippen molar-refractivity contribution in [1.82, 2.24) is 9.66 Å². The molecular formula is C29H29BrClN3O3. The van der Waals surface area contributed by atoms with E-state index >= 15 is 0 Å². The van der Waals surface area contributed by atoms with Crippen LogP contribution < -0.4 is 15.0 Å². The Balaban J connectivity index is 1.72. The van der Waals surface area contributed by atoms with Gasteiger partial charge < -0.3 is 9.47 Å². The van der Waals surface area contributed by atoms with Gasteiger partial charge in [0.1, 0.15) is 12.4 Å². The van der Waals surface area contributed by atoms with Crippen LogP contribution in [0.5, 0.6) is 11.5 Å². The van der Waals surface area contributed by atoms with Gasteiger partial charge >= 0.3 is 0 Å². The molecule has 8 heteroatoms. The molecule has 37 heavy (non-hydrogen) atoms. The molecule has 0 aliphatic heterocycles. The maximum Gasteiger partial charge on any atom is 0.282 e. The van der Waals surface area contributed by atoms with Crippen LogP contribution in [0.2, 0.25) is 5.02 Å². The van der Waals surface area contributed by atoms with Crippen molar-refractivity contribution in [2.75, 3.05) is 6.61 Å².